The van der Waals surface area contributed by atoms with E-state index in [0.717, 1.165) is 51.9 Å². The predicted octanol–water partition coefficient (Wildman–Crippen LogP) is 1.99. The van der Waals surface area contributed by atoms with Crippen LogP contribution in [0.15, 0.2) is 0 Å². The molecule has 0 bridgehead atoms. The third kappa shape index (κ3) is 3.45. The Kier molecular flexibility index (Phi) is 5.01. The maximum Gasteiger partial charge on any atom is 0.308 e. The van der Waals surface area contributed by atoms with Gasteiger partial charge in [-0.1, -0.05) is 12.8 Å². The lowest BCUT2D eigenvalue weighted by Gasteiger charge is -2.38. The van der Waals surface area contributed by atoms with Crippen molar-refractivity contribution in [3.05, 3.63) is 0 Å². The molecule has 2 atom stereocenters. The Bertz CT molecular complexity index is 276. The summed E-state index contributed by atoms with van der Waals surface area (Å²) in [5.41, 5.74) is 0. The van der Waals surface area contributed by atoms with Crippen LogP contribution in [0.1, 0.15) is 38.5 Å². The molecule has 1 saturated carbocycles. The number of rotatable bonds is 4. The van der Waals surface area contributed by atoms with E-state index in [1.807, 2.05) is 0 Å². The topological polar surface area (TPSA) is 49.8 Å². The molecular formula is C14H25NO3. The Hall–Kier alpha value is -0.610. The SMILES string of the molecule is CN(CC1CCOCC1)C1CCCCC1C(=O)O. The normalized spacial score (nSPS) is 30.6. The Morgan fingerprint density at radius 2 is 1.89 bits per heavy atom. The Morgan fingerprint density at radius 3 is 2.56 bits per heavy atom. The van der Waals surface area contributed by atoms with Crippen LogP contribution in [0.3, 0.4) is 0 Å². The van der Waals surface area contributed by atoms with Gasteiger partial charge in [0, 0.05) is 25.8 Å². The van der Waals surface area contributed by atoms with Gasteiger partial charge in [0.15, 0.2) is 0 Å². The fourth-order valence-electron chi connectivity index (χ4n) is 3.40. The van der Waals surface area contributed by atoms with Gasteiger partial charge in [-0.05, 0) is 38.6 Å². The highest BCUT2D eigenvalue weighted by atomic mass is 16.5. The van der Waals surface area contributed by atoms with Crippen LogP contribution in [0.2, 0.25) is 0 Å². The Morgan fingerprint density at radius 1 is 1.22 bits per heavy atom. The van der Waals surface area contributed by atoms with Crippen molar-refractivity contribution in [2.24, 2.45) is 11.8 Å². The van der Waals surface area contributed by atoms with E-state index >= 15 is 0 Å². The second-order valence-electron chi connectivity index (χ2n) is 5.79. The van der Waals surface area contributed by atoms with Crippen LogP contribution in [0.25, 0.3) is 0 Å². The highest BCUT2D eigenvalue weighted by Crippen LogP contribution is 2.29. The van der Waals surface area contributed by atoms with Gasteiger partial charge in [-0.2, -0.15) is 0 Å². The van der Waals surface area contributed by atoms with Crippen LogP contribution in [-0.2, 0) is 9.53 Å². The largest absolute Gasteiger partial charge is 0.481 e. The number of hydrogen-bond donors (Lipinski definition) is 1. The summed E-state index contributed by atoms with van der Waals surface area (Å²) in [7, 11) is 2.10. The van der Waals surface area contributed by atoms with E-state index in [1.165, 1.54) is 6.42 Å². The fourth-order valence-corrected chi connectivity index (χ4v) is 3.40. The summed E-state index contributed by atoms with van der Waals surface area (Å²) >= 11 is 0. The van der Waals surface area contributed by atoms with E-state index in [2.05, 4.69) is 11.9 Å². The fraction of sp³-hybridized carbons (Fsp3) is 0.929. The molecule has 0 radical (unpaired) electrons. The maximum absolute atomic E-state index is 11.3. The van der Waals surface area contributed by atoms with Gasteiger partial charge in [-0.25, -0.2) is 0 Å². The van der Waals surface area contributed by atoms with Crippen molar-refractivity contribution >= 4 is 5.97 Å². The molecule has 1 aliphatic carbocycles. The highest BCUT2D eigenvalue weighted by Gasteiger charge is 2.34. The number of nitrogens with zero attached hydrogens (tertiary/aromatic N) is 1. The van der Waals surface area contributed by atoms with E-state index in [0.29, 0.717) is 5.92 Å². The van der Waals surface area contributed by atoms with E-state index in [4.69, 9.17) is 4.74 Å². The molecule has 2 aliphatic rings. The van der Waals surface area contributed by atoms with Crippen molar-refractivity contribution in [2.75, 3.05) is 26.8 Å². The second-order valence-corrected chi connectivity index (χ2v) is 5.79. The molecule has 2 fully saturated rings. The molecule has 2 unspecified atom stereocenters. The van der Waals surface area contributed by atoms with E-state index in [-0.39, 0.29) is 12.0 Å². The van der Waals surface area contributed by atoms with Crippen LogP contribution >= 0.6 is 0 Å². The zero-order valence-corrected chi connectivity index (χ0v) is 11.3. The molecule has 1 saturated heterocycles. The van der Waals surface area contributed by atoms with Gasteiger partial charge >= 0.3 is 5.97 Å². The highest BCUT2D eigenvalue weighted by molar-refractivity contribution is 5.71. The summed E-state index contributed by atoms with van der Waals surface area (Å²) in [5.74, 6) is -0.0951. The first-order valence-electron chi connectivity index (χ1n) is 7.19. The van der Waals surface area contributed by atoms with E-state index < -0.39 is 5.97 Å². The minimum atomic E-state index is -0.612. The zero-order valence-electron chi connectivity index (χ0n) is 11.3. The number of carboxylic acids is 1. The lowest BCUT2D eigenvalue weighted by Crippen LogP contribution is -2.45. The number of ether oxygens (including phenoxy) is 1. The molecule has 2 rings (SSSR count). The molecule has 0 amide bonds. The number of hydrogen-bond acceptors (Lipinski definition) is 3. The first-order valence-corrected chi connectivity index (χ1v) is 7.19. The molecule has 1 aliphatic heterocycles. The molecule has 0 aromatic carbocycles. The van der Waals surface area contributed by atoms with Crippen LogP contribution in [0.4, 0.5) is 0 Å². The van der Waals surface area contributed by atoms with Crippen molar-refractivity contribution in [2.45, 2.75) is 44.6 Å². The molecule has 1 heterocycles. The molecule has 0 aromatic heterocycles. The first kappa shape index (κ1) is 13.8. The third-order valence-electron chi connectivity index (χ3n) is 4.50. The van der Waals surface area contributed by atoms with Crippen LogP contribution in [0, 0.1) is 11.8 Å². The minimum absolute atomic E-state index is 0.163. The smallest absolute Gasteiger partial charge is 0.308 e. The maximum atomic E-state index is 11.3. The van der Waals surface area contributed by atoms with Gasteiger partial charge < -0.3 is 14.7 Å². The lowest BCUT2D eigenvalue weighted by molar-refractivity contribution is -0.145. The molecule has 104 valence electrons. The van der Waals surface area contributed by atoms with E-state index in [9.17, 15) is 9.90 Å². The van der Waals surface area contributed by atoms with Crippen molar-refractivity contribution in [1.29, 1.82) is 0 Å². The monoisotopic (exact) mass is 255 g/mol. The average Bonchev–Trinajstić information content (AvgIpc) is 2.40. The van der Waals surface area contributed by atoms with Gasteiger partial charge in [0.25, 0.3) is 0 Å². The van der Waals surface area contributed by atoms with Gasteiger partial charge in [-0.3, -0.25) is 4.79 Å². The van der Waals surface area contributed by atoms with Crippen LogP contribution in [-0.4, -0.2) is 48.8 Å². The zero-order chi connectivity index (χ0) is 13.0. The van der Waals surface area contributed by atoms with Crippen molar-refractivity contribution in [1.82, 2.24) is 4.90 Å². The van der Waals surface area contributed by atoms with Crippen LogP contribution < -0.4 is 0 Å². The quantitative estimate of drug-likeness (QED) is 0.834. The summed E-state index contributed by atoms with van der Waals surface area (Å²) in [4.78, 5) is 13.6. The van der Waals surface area contributed by atoms with Crippen LogP contribution in [0.5, 0.6) is 0 Å². The predicted molar refractivity (Wildman–Crippen MR) is 69.6 cm³/mol. The van der Waals surface area contributed by atoms with Crippen molar-refractivity contribution < 1.29 is 14.6 Å². The van der Waals surface area contributed by atoms with Gasteiger partial charge in [0.1, 0.15) is 0 Å². The van der Waals surface area contributed by atoms with Gasteiger partial charge in [0.2, 0.25) is 0 Å². The first-order chi connectivity index (χ1) is 8.68. The molecule has 1 N–H and O–H groups in total. The van der Waals surface area contributed by atoms with Crippen molar-refractivity contribution in [3.8, 4) is 0 Å². The van der Waals surface area contributed by atoms with Gasteiger partial charge in [-0.15, -0.1) is 0 Å². The Balaban J connectivity index is 1.88. The van der Waals surface area contributed by atoms with E-state index in [1.54, 1.807) is 0 Å². The molecule has 4 heteroatoms. The minimum Gasteiger partial charge on any atom is -0.481 e. The molecule has 0 aromatic rings. The summed E-state index contributed by atoms with van der Waals surface area (Å²) in [6, 6.07) is 0.235. The molecule has 4 nitrogen and oxygen atoms in total. The Labute approximate surface area is 109 Å². The number of carbonyl (C=O) groups is 1. The third-order valence-corrected chi connectivity index (χ3v) is 4.50. The van der Waals surface area contributed by atoms with Gasteiger partial charge in [0.05, 0.1) is 5.92 Å². The summed E-state index contributed by atoms with van der Waals surface area (Å²) < 4.78 is 5.37. The molecular weight excluding hydrogens is 230 g/mol. The standard InChI is InChI=1S/C14H25NO3/c1-15(10-11-6-8-18-9-7-11)13-5-3-2-4-12(13)14(16)17/h11-13H,2-10H2,1H3,(H,16,17). The summed E-state index contributed by atoms with van der Waals surface area (Å²) in [6.45, 7) is 2.76. The number of carboxylic acid groups (broad SMARTS) is 1. The molecule has 0 spiro atoms. The van der Waals surface area contributed by atoms with Crippen molar-refractivity contribution in [3.63, 3.8) is 0 Å². The lowest BCUT2D eigenvalue weighted by atomic mass is 9.83. The molecule has 18 heavy (non-hydrogen) atoms. The average molecular weight is 255 g/mol. The summed E-state index contributed by atoms with van der Waals surface area (Å²) in [5, 5.41) is 9.32. The second kappa shape index (κ2) is 6.53. The number of aliphatic carboxylic acids is 1. The summed E-state index contributed by atoms with van der Waals surface area (Å²) in [6.07, 6.45) is 6.36.